The lowest BCUT2D eigenvalue weighted by molar-refractivity contribution is -0.384. The van der Waals surface area contributed by atoms with Gasteiger partial charge in [-0.25, -0.2) is 9.78 Å². The number of carbonyl (C=O) groups excluding carboxylic acids is 1. The normalized spacial score (nSPS) is 11.6. The molecule has 0 spiro atoms. The smallest absolute Gasteiger partial charge is 0.329 e. The second kappa shape index (κ2) is 11.6. The van der Waals surface area contributed by atoms with E-state index in [4.69, 9.17) is 21.1 Å². The van der Waals surface area contributed by atoms with Crippen LogP contribution in [0.1, 0.15) is 35.7 Å². The number of anilines is 1. The van der Waals surface area contributed by atoms with Crippen molar-refractivity contribution in [3.8, 4) is 5.75 Å². The average molecular weight is 500 g/mol. The van der Waals surface area contributed by atoms with Gasteiger partial charge in [-0.3, -0.25) is 15.1 Å². The third kappa shape index (κ3) is 6.02. The van der Waals surface area contributed by atoms with Crippen molar-refractivity contribution in [1.82, 2.24) is 15.0 Å². The van der Waals surface area contributed by atoms with Crippen molar-refractivity contribution in [3.05, 3.63) is 80.5 Å². The molecule has 0 saturated heterocycles. The third-order valence-corrected chi connectivity index (χ3v) is 5.70. The summed E-state index contributed by atoms with van der Waals surface area (Å²) in [7, 11) is 1.56. The van der Waals surface area contributed by atoms with Crippen molar-refractivity contribution >= 4 is 29.1 Å². The summed E-state index contributed by atoms with van der Waals surface area (Å²) in [6, 6.07) is 8.33. The van der Waals surface area contributed by atoms with E-state index >= 15 is 0 Å². The molecule has 1 unspecified atom stereocenters. The van der Waals surface area contributed by atoms with Crippen LogP contribution in [-0.2, 0) is 22.7 Å². The number of halogens is 1. The van der Waals surface area contributed by atoms with E-state index in [-0.39, 0.29) is 36.4 Å². The van der Waals surface area contributed by atoms with E-state index in [0.29, 0.717) is 11.4 Å². The minimum Gasteiger partial charge on any atom is -0.496 e. The summed E-state index contributed by atoms with van der Waals surface area (Å²) in [4.78, 5) is 38.3. The topological polar surface area (TPSA) is 121 Å². The molecule has 11 heteroatoms. The van der Waals surface area contributed by atoms with Crippen molar-refractivity contribution in [3.63, 3.8) is 0 Å². The number of pyridine rings is 1. The van der Waals surface area contributed by atoms with E-state index in [9.17, 15) is 14.9 Å². The van der Waals surface area contributed by atoms with Crippen molar-refractivity contribution in [2.75, 3.05) is 12.0 Å². The fourth-order valence-electron chi connectivity index (χ4n) is 3.75. The number of ether oxygens (including phenoxy) is 2. The van der Waals surface area contributed by atoms with Gasteiger partial charge < -0.3 is 14.4 Å². The average Bonchev–Trinajstić information content (AvgIpc) is 2.84. The van der Waals surface area contributed by atoms with Gasteiger partial charge in [0.1, 0.15) is 24.6 Å². The molecule has 0 radical (unpaired) electrons. The molecule has 2 heterocycles. The highest BCUT2D eigenvalue weighted by Crippen LogP contribution is 2.32. The Morgan fingerprint density at radius 2 is 1.91 bits per heavy atom. The van der Waals surface area contributed by atoms with Gasteiger partial charge in [0, 0.05) is 17.3 Å². The number of rotatable bonds is 10. The molecule has 0 aliphatic carbocycles. The van der Waals surface area contributed by atoms with Crippen molar-refractivity contribution in [2.45, 2.75) is 46.4 Å². The number of nitrogens with zero attached hydrogens (tertiary/aromatic N) is 5. The number of carbonyl (C=O) groups is 1. The SMILES string of the molecule is CCC(C(=O)OCc1ccccc1)N(Cc1ncc(C)c(OC)c1C)c1nc(Cl)ncc1[N+](=O)[O-]. The number of hydrogen-bond donors (Lipinski definition) is 0. The molecule has 0 bridgehead atoms. The van der Waals surface area contributed by atoms with Gasteiger partial charge >= 0.3 is 11.7 Å². The molecule has 0 fully saturated rings. The van der Waals surface area contributed by atoms with Gasteiger partial charge in [0.05, 0.1) is 24.3 Å². The molecule has 2 aromatic heterocycles. The first-order valence-corrected chi connectivity index (χ1v) is 11.3. The van der Waals surface area contributed by atoms with Crippen LogP contribution in [0.2, 0.25) is 5.28 Å². The van der Waals surface area contributed by atoms with Gasteiger partial charge in [0.25, 0.3) is 0 Å². The number of benzene rings is 1. The molecule has 0 amide bonds. The summed E-state index contributed by atoms with van der Waals surface area (Å²) in [5.74, 6) is -0.0127. The van der Waals surface area contributed by atoms with Crippen LogP contribution < -0.4 is 9.64 Å². The van der Waals surface area contributed by atoms with Gasteiger partial charge in [0.2, 0.25) is 11.1 Å². The van der Waals surface area contributed by atoms with E-state index in [1.54, 1.807) is 20.2 Å². The van der Waals surface area contributed by atoms with Crippen molar-refractivity contribution in [2.24, 2.45) is 0 Å². The largest absolute Gasteiger partial charge is 0.496 e. The number of hydrogen-bond acceptors (Lipinski definition) is 9. The minimum absolute atomic E-state index is 0.0234. The fourth-order valence-corrected chi connectivity index (χ4v) is 3.88. The first-order valence-electron chi connectivity index (χ1n) is 10.9. The number of methoxy groups -OCH3 is 1. The number of nitro groups is 1. The van der Waals surface area contributed by atoms with Gasteiger partial charge in [-0.1, -0.05) is 37.3 Å². The van der Waals surface area contributed by atoms with Crippen LogP contribution in [0.25, 0.3) is 0 Å². The first kappa shape index (κ1) is 25.8. The maximum Gasteiger partial charge on any atom is 0.329 e. The van der Waals surface area contributed by atoms with Crippen molar-refractivity contribution < 1.29 is 19.2 Å². The lowest BCUT2D eigenvalue weighted by Crippen LogP contribution is -2.42. The second-order valence-corrected chi connectivity index (χ2v) is 8.13. The van der Waals surface area contributed by atoms with E-state index in [2.05, 4.69) is 15.0 Å². The zero-order valence-electron chi connectivity index (χ0n) is 19.9. The number of aryl methyl sites for hydroxylation is 1. The van der Waals surface area contributed by atoms with Crippen LogP contribution in [0.3, 0.4) is 0 Å². The predicted molar refractivity (Wildman–Crippen MR) is 130 cm³/mol. The highest BCUT2D eigenvalue weighted by atomic mass is 35.5. The molecule has 35 heavy (non-hydrogen) atoms. The Hall–Kier alpha value is -3.79. The Morgan fingerprint density at radius 3 is 2.54 bits per heavy atom. The lowest BCUT2D eigenvalue weighted by Gasteiger charge is -2.30. The monoisotopic (exact) mass is 499 g/mol. The van der Waals surface area contributed by atoms with Crippen LogP contribution in [0.5, 0.6) is 5.75 Å². The summed E-state index contributed by atoms with van der Waals surface area (Å²) >= 11 is 6.01. The molecular weight excluding hydrogens is 474 g/mol. The van der Waals surface area contributed by atoms with E-state index < -0.39 is 16.9 Å². The highest BCUT2D eigenvalue weighted by Gasteiger charge is 2.33. The van der Waals surface area contributed by atoms with Gasteiger partial charge in [0.15, 0.2) is 0 Å². The molecule has 0 N–H and O–H groups in total. The predicted octanol–water partition coefficient (Wildman–Crippen LogP) is 4.59. The third-order valence-electron chi connectivity index (χ3n) is 5.52. The van der Waals surface area contributed by atoms with Crippen LogP contribution in [0.15, 0.2) is 42.7 Å². The Labute approximate surface area is 208 Å². The maximum atomic E-state index is 13.2. The van der Waals surface area contributed by atoms with E-state index in [1.165, 1.54) is 4.90 Å². The van der Waals surface area contributed by atoms with Crippen LogP contribution in [0.4, 0.5) is 11.5 Å². The molecule has 0 aliphatic rings. The standard InChI is InChI=1S/C24H26ClN5O5/c1-5-19(23(31)35-14-17-9-7-6-8-10-17)29(22-20(30(32)33)12-27-24(25)28-22)13-18-16(3)21(34-4)15(2)11-26-18/h6-12,19H,5,13-14H2,1-4H3. The summed E-state index contributed by atoms with van der Waals surface area (Å²) in [6.45, 7) is 5.57. The van der Waals surface area contributed by atoms with E-state index in [1.807, 2.05) is 44.2 Å². The summed E-state index contributed by atoms with van der Waals surface area (Å²) < 4.78 is 11.1. The highest BCUT2D eigenvalue weighted by molar-refractivity contribution is 6.28. The molecule has 0 saturated carbocycles. The van der Waals surface area contributed by atoms with Crippen molar-refractivity contribution in [1.29, 1.82) is 0 Å². The zero-order valence-corrected chi connectivity index (χ0v) is 20.7. The second-order valence-electron chi connectivity index (χ2n) is 7.80. The maximum absolute atomic E-state index is 13.2. The molecule has 10 nitrogen and oxygen atoms in total. The molecule has 3 aromatic rings. The molecule has 0 aliphatic heterocycles. The summed E-state index contributed by atoms with van der Waals surface area (Å²) in [5.41, 5.74) is 2.57. The van der Waals surface area contributed by atoms with Crippen LogP contribution in [-0.4, -0.2) is 39.0 Å². The van der Waals surface area contributed by atoms with Gasteiger partial charge in [-0.15, -0.1) is 0 Å². The zero-order chi connectivity index (χ0) is 25.5. The molecule has 184 valence electrons. The summed E-state index contributed by atoms with van der Waals surface area (Å²) in [6.07, 6.45) is 2.96. The van der Waals surface area contributed by atoms with E-state index in [0.717, 1.165) is 22.9 Å². The Kier molecular flexibility index (Phi) is 8.53. The fraction of sp³-hybridized carbons (Fsp3) is 0.333. The summed E-state index contributed by atoms with van der Waals surface area (Å²) in [5, 5.41) is 11.6. The quantitative estimate of drug-likeness (QED) is 0.170. The van der Waals surface area contributed by atoms with Crippen LogP contribution in [0, 0.1) is 24.0 Å². The Morgan fingerprint density at radius 1 is 1.20 bits per heavy atom. The van der Waals surface area contributed by atoms with Gasteiger partial charge in [-0.05, 0) is 37.4 Å². The molecule has 3 rings (SSSR count). The van der Waals surface area contributed by atoms with Gasteiger partial charge in [-0.2, -0.15) is 4.98 Å². The van der Waals surface area contributed by atoms with Crippen LogP contribution >= 0.6 is 11.6 Å². The Bertz CT molecular complexity index is 1210. The molecule has 1 aromatic carbocycles. The number of aromatic nitrogens is 3. The Balaban J connectivity index is 2.05. The first-order chi connectivity index (χ1) is 16.8. The lowest BCUT2D eigenvalue weighted by atomic mass is 10.1. The molecular formula is C24H26ClN5O5. The number of esters is 1. The molecule has 1 atom stereocenters. The minimum atomic E-state index is -0.906.